The second-order valence-corrected chi connectivity index (χ2v) is 7.57. The first-order valence-corrected chi connectivity index (χ1v) is 8.94. The highest BCUT2D eigenvalue weighted by molar-refractivity contribution is 7.89. The lowest BCUT2D eigenvalue weighted by molar-refractivity contribution is 0.480. The summed E-state index contributed by atoms with van der Waals surface area (Å²) in [6.45, 7) is 1.98. The van der Waals surface area contributed by atoms with Crippen molar-refractivity contribution in [3.05, 3.63) is 23.5 Å². The highest BCUT2D eigenvalue weighted by atomic mass is 32.2. The minimum atomic E-state index is -3.62. The molecule has 0 radical (unpaired) electrons. The number of halogens is 1. The first kappa shape index (κ1) is 16.2. The molecule has 21 heavy (non-hydrogen) atoms. The summed E-state index contributed by atoms with van der Waals surface area (Å²) in [6.07, 6.45) is 7.02. The maximum Gasteiger partial charge on any atom is 0.240 e. The van der Waals surface area contributed by atoms with E-state index in [1.165, 1.54) is 31.7 Å². The smallest absolute Gasteiger partial charge is 0.240 e. The molecular formula is C15H23FN2O2S. The van der Waals surface area contributed by atoms with Gasteiger partial charge >= 0.3 is 0 Å². The Hall–Kier alpha value is -1.14. The van der Waals surface area contributed by atoms with Gasteiger partial charge in [0.25, 0.3) is 0 Å². The summed E-state index contributed by atoms with van der Waals surface area (Å²) in [7, 11) is -3.62. The van der Waals surface area contributed by atoms with E-state index in [0.717, 1.165) is 24.8 Å². The lowest BCUT2D eigenvalue weighted by atomic mass is 10.0. The van der Waals surface area contributed by atoms with Crippen molar-refractivity contribution in [3.8, 4) is 0 Å². The molecule has 1 saturated carbocycles. The first-order valence-electron chi connectivity index (χ1n) is 7.45. The van der Waals surface area contributed by atoms with Gasteiger partial charge in [0.05, 0.1) is 10.6 Å². The minimum absolute atomic E-state index is 0.0577. The molecule has 0 aliphatic heterocycles. The van der Waals surface area contributed by atoms with Crippen LogP contribution >= 0.6 is 0 Å². The molecule has 0 bridgehead atoms. The van der Waals surface area contributed by atoms with Crippen LogP contribution in [-0.2, 0) is 10.0 Å². The van der Waals surface area contributed by atoms with Crippen molar-refractivity contribution in [3.63, 3.8) is 0 Å². The SMILES string of the molecule is Cc1cc(F)c(N)cc1S(=O)(=O)NCCCC1CCCC1. The zero-order chi connectivity index (χ0) is 15.5. The van der Waals surface area contributed by atoms with E-state index in [2.05, 4.69) is 4.72 Å². The van der Waals surface area contributed by atoms with Gasteiger partial charge in [-0.2, -0.15) is 0 Å². The van der Waals surface area contributed by atoms with Gasteiger partial charge in [0, 0.05) is 6.54 Å². The van der Waals surface area contributed by atoms with Crippen LogP contribution in [0.3, 0.4) is 0 Å². The van der Waals surface area contributed by atoms with E-state index >= 15 is 0 Å². The number of hydrogen-bond acceptors (Lipinski definition) is 3. The van der Waals surface area contributed by atoms with E-state index in [9.17, 15) is 12.8 Å². The molecule has 0 amide bonds. The first-order chi connectivity index (χ1) is 9.90. The van der Waals surface area contributed by atoms with Crippen molar-refractivity contribution in [1.82, 2.24) is 4.72 Å². The number of hydrogen-bond donors (Lipinski definition) is 2. The quantitative estimate of drug-likeness (QED) is 0.626. The molecule has 0 atom stereocenters. The Kier molecular flexibility index (Phi) is 5.22. The molecule has 0 aromatic heterocycles. The van der Waals surface area contributed by atoms with Crippen LogP contribution in [0.5, 0.6) is 0 Å². The Morgan fingerprint density at radius 3 is 2.67 bits per heavy atom. The van der Waals surface area contributed by atoms with Crippen molar-refractivity contribution in [2.45, 2.75) is 50.3 Å². The van der Waals surface area contributed by atoms with Crippen molar-refractivity contribution in [2.24, 2.45) is 5.92 Å². The monoisotopic (exact) mass is 314 g/mol. The number of nitrogens with one attached hydrogen (secondary N) is 1. The fraction of sp³-hybridized carbons (Fsp3) is 0.600. The molecule has 118 valence electrons. The third kappa shape index (κ3) is 4.17. The van der Waals surface area contributed by atoms with E-state index in [1.54, 1.807) is 6.92 Å². The summed E-state index contributed by atoms with van der Waals surface area (Å²) in [5.41, 5.74) is 5.68. The molecule has 1 aliphatic rings. The molecule has 0 spiro atoms. The Morgan fingerprint density at radius 1 is 1.33 bits per heavy atom. The molecular weight excluding hydrogens is 291 g/mol. The number of nitrogen functional groups attached to an aromatic ring is 1. The van der Waals surface area contributed by atoms with Crippen LogP contribution in [0.25, 0.3) is 0 Å². The fourth-order valence-corrected chi connectivity index (χ4v) is 4.27. The van der Waals surface area contributed by atoms with Crippen molar-refractivity contribution < 1.29 is 12.8 Å². The Balaban J connectivity index is 1.93. The zero-order valence-electron chi connectivity index (χ0n) is 12.4. The average molecular weight is 314 g/mol. The van der Waals surface area contributed by atoms with Gasteiger partial charge < -0.3 is 5.73 Å². The van der Waals surface area contributed by atoms with Crippen LogP contribution in [-0.4, -0.2) is 15.0 Å². The van der Waals surface area contributed by atoms with Gasteiger partial charge in [-0.3, -0.25) is 0 Å². The van der Waals surface area contributed by atoms with Gasteiger partial charge in [-0.15, -0.1) is 0 Å². The normalized spacial score (nSPS) is 16.5. The number of nitrogens with two attached hydrogens (primary N) is 1. The summed E-state index contributed by atoms with van der Waals surface area (Å²) in [4.78, 5) is 0.0577. The third-order valence-corrected chi connectivity index (χ3v) is 5.74. The van der Waals surface area contributed by atoms with Crippen molar-refractivity contribution in [2.75, 3.05) is 12.3 Å². The number of sulfonamides is 1. The van der Waals surface area contributed by atoms with Crippen LogP contribution in [0.1, 0.15) is 44.1 Å². The molecule has 6 heteroatoms. The van der Waals surface area contributed by atoms with Gasteiger partial charge in [0.1, 0.15) is 5.82 Å². The Morgan fingerprint density at radius 2 is 2.00 bits per heavy atom. The van der Waals surface area contributed by atoms with Crippen molar-refractivity contribution in [1.29, 1.82) is 0 Å². The van der Waals surface area contributed by atoms with E-state index in [1.807, 2.05) is 0 Å². The number of aryl methyl sites for hydroxylation is 1. The number of rotatable bonds is 6. The summed E-state index contributed by atoms with van der Waals surface area (Å²) in [6, 6.07) is 2.34. The highest BCUT2D eigenvalue weighted by Crippen LogP contribution is 2.28. The highest BCUT2D eigenvalue weighted by Gasteiger charge is 2.19. The number of benzene rings is 1. The van der Waals surface area contributed by atoms with Gasteiger partial charge in [-0.25, -0.2) is 17.5 Å². The summed E-state index contributed by atoms with van der Waals surface area (Å²) in [5, 5.41) is 0. The third-order valence-electron chi connectivity index (χ3n) is 4.14. The lowest BCUT2D eigenvalue weighted by Crippen LogP contribution is -2.26. The predicted octanol–water partition coefficient (Wildman–Crippen LogP) is 2.97. The molecule has 1 aliphatic carbocycles. The average Bonchev–Trinajstić information content (AvgIpc) is 2.92. The molecule has 2 rings (SSSR count). The molecule has 4 nitrogen and oxygen atoms in total. The maximum absolute atomic E-state index is 13.3. The van der Waals surface area contributed by atoms with Gasteiger partial charge in [-0.1, -0.05) is 25.7 Å². The van der Waals surface area contributed by atoms with Crippen molar-refractivity contribution >= 4 is 15.7 Å². The molecule has 0 unspecified atom stereocenters. The zero-order valence-corrected chi connectivity index (χ0v) is 13.2. The topological polar surface area (TPSA) is 72.2 Å². The summed E-state index contributed by atoms with van der Waals surface area (Å²) < 4.78 is 40.3. The largest absolute Gasteiger partial charge is 0.396 e. The molecule has 1 aromatic rings. The summed E-state index contributed by atoms with van der Waals surface area (Å²) in [5.74, 6) is 0.158. The molecule has 3 N–H and O–H groups in total. The second kappa shape index (κ2) is 6.75. The molecule has 0 saturated heterocycles. The van der Waals surface area contributed by atoms with Crippen LogP contribution in [0, 0.1) is 18.7 Å². The van der Waals surface area contributed by atoms with Gasteiger partial charge in [0.2, 0.25) is 10.0 Å². The van der Waals surface area contributed by atoms with Crippen LogP contribution < -0.4 is 10.5 Å². The van der Waals surface area contributed by atoms with Crippen LogP contribution in [0.4, 0.5) is 10.1 Å². The van der Waals surface area contributed by atoms with E-state index in [4.69, 9.17) is 5.73 Å². The standard InChI is InChI=1S/C15H23FN2O2S/c1-11-9-13(16)14(17)10-15(11)21(19,20)18-8-4-7-12-5-2-3-6-12/h9-10,12,18H,2-8,17H2,1H3. The van der Waals surface area contributed by atoms with E-state index < -0.39 is 15.8 Å². The second-order valence-electron chi connectivity index (χ2n) is 5.83. The maximum atomic E-state index is 13.3. The van der Waals surface area contributed by atoms with Gasteiger partial charge in [0.15, 0.2) is 0 Å². The molecule has 1 fully saturated rings. The van der Waals surface area contributed by atoms with Gasteiger partial charge in [-0.05, 0) is 43.4 Å². The lowest BCUT2D eigenvalue weighted by Gasteiger charge is -2.12. The fourth-order valence-electron chi connectivity index (χ4n) is 2.93. The van der Waals surface area contributed by atoms with Crippen LogP contribution in [0.15, 0.2) is 17.0 Å². The van der Waals surface area contributed by atoms with Crippen LogP contribution in [0.2, 0.25) is 0 Å². The predicted molar refractivity (Wildman–Crippen MR) is 81.9 cm³/mol. The number of anilines is 1. The Bertz CT molecular complexity index is 596. The van der Waals surface area contributed by atoms with E-state index in [-0.39, 0.29) is 10.6 Å². The summed E-state index contributed by atoms with van der Waals surface area (Å²) >= 11 is 0. The van der Waals surface area contributed by atoms with E-state index in [0.29, 0.717) is 12.1 Å². The molecule has 1 aromatic carbocycles. The molecule has 0 heterocycles. The minimum Gasteiger partial charge on any atom is -0.396 e. The Labute approximate surface area is 126 Å².